The van der Waals surface area contributed by atoms with E-state index in [-0.39, 0.29) is 36.5 Å². The number of anilines is 1. The minimum atomic E-state index is -1.07. The number of aromatic nitrogens is 4. The molecule has 2 rings (SSSR count). The Balaban J connectivity index is 2.46. The minimum absolute atomic E-state index is 0.0262. The van der Waals surface area contributed by atoms with Crippen LogP contribution in [0.4, 0.5) is 5.95 Å². The SMILES string of the molecule is Nc1nc2ncc(CC(O)CO)nc2c(=O)n1CCC(=O)O. The molecule has 0 aliphatic heterocycles. The number of carboxylic acid groups (broad SMARTS) is 1. The van der Waals surface area contributed by atoms with Gasteiger partial charge in [0.15, 0.2) is 11.2 Å². The molecule has 22 heavy (non-hydrogen) atoms. The van der Waals surface area contributed by atoms with E-state index in [4.69, 9.17) is 15.9 Å². The predicted molar refractivity (Wildman–Crippen MR) is 75.1 cm³/mol. The molecule has 0 spiro atoms. The normalized spacial score (nSPS) is 12.5. The number of aliphatic carboxylic acids is 1. The summed E-state index contributed by atoms with van der Waals surface area (Å²) in [5.74, 6) is -1.21. The molecule has 2 aromatic rings. The number of hydrogen-bond donors (Lipinski definition) is 4. The fraction of sp³-hybridized carbons (Fsp3) is 0.417. The second-order valence-electron chi connectivity index (χ2n) is 4.64. The van der Waals surface area contributed by atoms with E-state index in [0.29, 0.717) is 5.69 Å². The molecule has 1 atom stereocenters. The Bertz CT molecular complexity index is 759. The van der Waals surface area contributed by atoms with Crippen LogP contribution in [-0.2, 0) is 17.8 Å². The molecule has 10 nitrogen and oxygen atoms in total. The Kier molecular flexibility index (Phi) is 4.63. The Morgan fingerprint density at radius 3 is 2.77 bits per heavy atom. The summed E-state index contributed by atoms with van der Waals surface area (Å²) in [5, 5.41) is 26.9. The molecule has 10 heteroatoms. The lowest BCUT2D eigenvalue weighted by Crippen LogP contribution is -2.27. The first kappa shape index (κ1) is 15.8. The quantitative estimate of drug-likeness (QED) is 0.478. The fourth-order valence-corrected chi connectivity index (χ4v) is 1.87. The monoisotopic (exact) mass is 309 g/mol. The van der Waals surface area contributed by atoms with Crippen LogP contribution in [0.15, 0.2) is 11.0 Å². The number of nitrogen functional groups attached to an aromatic ring is 1. The van der Waals surface area contributed by atoms with E-state index in [1.165, 1.54) is 6.20 Å². The van der Waals surface area contributed by atoms with Crippen LogP contribution in [0.2, 0.25) is 0 Å². The highest BCUT2D eigenvalue weighted by Gasteiger charge is 2.14. The molecule has 5 N–H and O–H groups in total. The van der Waals surface area contributed by atoms with Crippen LogP contribution in [0, 0.1) is 0 Å². The smallest absolute Gasteiger partial charge is 0.305 e. The highest BCUT2D eigenvalue weighted by atomic mass is 16.4. The molecule has 0 aliphatic carbocycles. The zero-order chi connectivity index (χ0) is 16.3. The summed E-state index contributed by atoms with van der Waals surface area (Å²) in [6, 6.07) is 0. The van der Waals surface area contributed by atoms with Gasteiger partial charge in [-0.3, -0.25) is 14.2 Å². The van der Waals surface area contributed by atoms with E-state index in [1.807, 2.05) is 0 Å². The summed E-state index contributed by atoms with van der Waals surface area (Å²) in [4.78, 5) is 34.8. The second kappa shape index (κ2) is 6.45. The topological polar surface area (TPSA) is 164 Å². The molecule has 0 aliphatic rings. The van der Waals surface area contributed by atoms with Crippen molar-refractivity contribution in [1.82, 2.24) is 19.5 Å². The standard InChI is InChI=1S/C12H15N5O5/c13-12-16-10-9(11(22)17(12)2-1-8(20)21)15-6(4-14-10)3-7(19)5-18/h4,7,18-19H,1-3,5H2,(H,20,21)(H2,13,14,16). The average Bonchev–Trinajstić information content (AvgIpc) is 2.47. The van der Waals surface area contributed by atoms with E-state index in [9.17, 15) is 14.7 Å². The first-order valence-electron chi connectivity index (χ1n) is 6.45. The zero-order valence-electron chi connectivity index (χ0n) is 11.5. The van der Waals surface area contributed by atoms with Gasteiger partial charge in [-0.2, -0.15) is 4.98 Å². The van der Waals surface area contributed by atoms with Crippen molar-refractivity contribution >= 4 is 23.1 Å². The van der Waals surface area contributed by atoms with Crippen LogP contribution in [-0.4, -0.2) is 53.5 Å². The molecule has 0 saturated heterocycles. The Morgan fingerprint density at radius 2 is 2.14 bits per heavy atom. The summed E-state index contributed by atoms with van der Waals surface area (Å²) in [6.45, 7) is -0.573. The van der Waals surface area contributed by atoms with Gasteiger partial charge in [-0.1, -0.05) is 0 Å². The molecule has 118 valence electrons. The van der Waals surface area contributed by atoms with Gasteiger partial charge in [-0.25, -0.2) is 9.97 Å². The molecule has 0 aromatic carbocycles. The van der Waals surface area contributed by atoms with Gasteiger partial charge >= 0.3 is 5.97 Å². The Morgan fingerprint density at radius 1 is 1.41 bits per heavy atom. The van der Waals surface area contributed by atoms with E-state index in [2.05, 4.69) is 15.0 Å². The van der Waals surface area contributed by atoms with Gasteiger partial charge < -0.3 is 21.1 Å². The van der Waals surface area contributed by atoms with Crippen molar-refractivity contribution < 1.29 is 20.1 Å². The van der Waals surface area contributed by atoms with Gasteiger partial charge in [-0.05, 0) is 0 Å². The molecule has 2 aromatic heterocycles. The van der Waals surface area contributed by atoms with Gasteiger partial charge in [0, 0.05) is 13.0 Å². The summed E-state index contributed by atoms with van der Waals surface area (Å²) < 4.78 is 1.01. The van der Waals surface area contributed by atoms with Crippen molar-refractivity contribution in [3.8, 4) is 0 Å². The van der Waals surface area contributed by atoms with Crippen molar-refractivity contribution in [1.29, 1.82) is 0 Å². The predicted octanol–water partition coefficient (Wildman–Crippen LogP) is -1.86. The van der Waals surface area contributed by atoms with Gasteiger partial charge in [0.05, 0.1) is 31.0 Å². The summed E-state index contributed by atoms with van der Waals surface area (Å²) >= 11 is 0. The zero-order valence-corrected chi connectivity index (χ0v) is 11.5. The van der Waals surface area contributed by atoms with Crippen LogP contribution < -0.4 is 11.3 Å². The maximum Gasteiger partial charge on any atom is 0.305 e. The van der Waals surface area contributed by atoms with Crippen LogP contribution in [0.3, 0.4) is 0 Å². The van der Waals surface area contributed by atoms with Gasteiger partial charge in [-0.15, -0.1) is 0 Å². The average molecular weight is 309 g/mol. The molecular weight excluding hydrogens is 294 g/mol. The summed E-state index contributed by atoms with van der Waals surface area (Å²) in [5.41, 5.74) is 5.31. The fourth-order valence-electron chi connectivity index (χ4n) is 1.87. The van der Waals surface area contributed by atoms with Crippen molar-refractivity contribution in [2.24, 2.45) is 0 Å². The molecule has 0 bridgehead atoms. The van der Waals surface area contributed by atoms with Gasteiger partial charge in [0.1, 0.15) is 0 Å². The van der Waals surface area contributed by atoms with Crippen LogP contribution in [0.5, 0.6) is 0 Å². The van der Waals surface area contributed by atoms with Crippen molar-refractivity contribution in [3.63, 3.8) is 0 Å². The molecule has 0 saturated carbocycles. The van der Waals surface area contributed by atoms with E-state index in [1.54, 1.807) is 0 Å². The highest BCUT2D eigenvalue weighted by molar-refractivity contribution is 5.70. The number of carbonyl (C=O) groups is 1. The van der Waals surface area contributed by atoms with E-state index < -0.39 is 24.2 Å². The third kappa shape index (κ3) is 3.35. The number of carboxylic acids is 1. The maximum absolute atomic E-state index is 12.3. The van der Waals surface area contributed by atoms with Crippen LogP contribution >= 0.6 is 0 Å². The van der Waals surface area contributed by atoms with Crippen LogP contribution in [0.1, 0.15) is 12.1 Å². The molecule has 0 fully saturated rings. The molecule has 0 radical (unpaired) electrons. The molecule has 1 unspecified atom stereocenters. The largest absolute Gasteiger partial charge is 0.481 e. The van der Waals surface area contributed by atoms with E-state index >= 15 is 0 Å². The Hall–Kier alpha value is -2.59. The lowest BCUT2D eigenvalue weighted by molar-refractivity contribution is -0.137. The van der Waals surface area contributed by atoms with Gasteiger partial charge in [0.25, 0.3) is 5.56 Å². The van der Waals surface area contributed by atoms with Crippen molar-refractivity contribution in [3.05, 3.63) is 22.2 Å². The third-order valence-corrected chi connectivity index (χ3v) is 2.95. The molecular formula is C12H15N5O5. The third-order valence-electron chi connectivity index (χ3n) is 2.95. The lowest BCUT2D eigenvalue weighted by atomic mass is 10.2. The second-order valence-corrected chi connectivity index (χ2v) is 4.64. The first-order valence-corrected chi connectivity index (χ1v) is 6.45. The van der Waals surface area contributed by atoms with Crippen molar-refractivity contribution in [2.45, 2.75) is 25.5 Å². The number of hydrogen-bond acceptors (Lipinski definition) is 8. The van der Waals surface area contributed by atoms with Crippen LogP contribution in [0.25, 0.3) is 11.2 Å². The van der Waals surface area contributed by atoms with Crippen molar-refractivity contribution in [2.75, 3.05) is 12.3 Å². The molecule has 2 heterocycles. The lowest BCUT2D eigenvalue weighted by Gasteiger charge is -2.10. The molecule has 0 amide bonds. The number of fused-ring (bicyclic) bond motifs is 1. The maximum atomic E-state index is 12.3. The van der Waals surface area contributed by atoms with Gasteiger partial charge in [0.2, 0.25) is 5.95 Å². The number of aliphatic hydroxyl groups excluding tert-OH is 2. The minimum Gasteiger partial charge on any atom is -0.481 e. The summed E-state index contributed by atoms with van der Waals surface area (Å²) in [7, 11) is 0. The number of rotatable bonds is 6. The summed E-state index contributed by atoms with van der Waals surface area (Å²) in [6.07, 6.45) is 0.0588. The Labute approximate surface area is 123 Å². The number of nitrogens with zero attached hydrogens (tertiary/aromatic N) is 4. The number of nitrogens with two attached hydrogens (primary N) is 1. The number of aliphatic hydroxyl groups is 2. The highest BCUT2D eigenvalue weighted by Crippen LogP contribution is 2.08. The first-order chi connectivity index (χ1) is 10.4. The van der Waals surface area contributed by atoms with E-state index in [0.717, 1.165) is 4.57 Å².